The van der Waals surface area contributed by atoms with Gasteiger partial charge in [0.15, 0.2) is 15.8 Å². The van der Waals surface area contributed by atoms with Gasteiger partial charge in [-0.25, -0.2) is 8.42 Å². The van der Waals surface area contributed by atoms with Crippen LogP contribution in [0.1, 0.15) is 18.4 Å². The molecule has 0 bridgehead atoms. The van der Waals surface area contributed by atoms with Gasteiger partial charge in [0, 0.05) is 70.0 Å². The molecule has 2 aliphatic rings. The number of rotatable bonds is 4. The summed E-state index contributed by atoms with van der Waals surface area (Å²) in [4.78, 5) is 8.93. The predicted octanol–water partition coefficient (Wildman–Crippen LogP) is 1.94. The minimum atomic E-state index is -3.21. The van der Waals surface area contributed by atoms with Crippen molar-refractivity contribution < 1.29 is 13.2 Å². The van der Waals surface area contributed by atoms with Gasteiger partial charge in [-0.2, -0.15) is 0 Å². The van der Waals surface area contributed by atoms with Crippen LogP contribution < -0.4 is 10.2 Å². The van der Waals surface area contributed by atoms with Gasteiger partial charge >= 0.3 is 0 Å². The Balaban J connectivity index is 1.62. The summed E-state index contributed by atoms with van der Waals surface area (Å²) in [6, 6.07) is 5.97. The lowest BCUT2D eigenvalue weighted by atomic mass is 9.99. The first kappa shape index (κ1) is 22.2. The van der Waals surface area contributed by atoms with Crippen molar-refractivity contribution in [3.8, 4) is 0 Å². The number of aryl methyl sites for hydroxylation is 1. The molecule has 0 aliphatic carbocycles. The number of sulfone groups is 1. The summed E-state index contributed by atoms with van der Waals surface area (Å²) in [5, 5.41) is 4.08. The number of nitrogens with one attached hydrogen (secondary N) is 1. The summed E-state index contributed by atoms with van der Waals surface area (Å²) >= 11 is 6.18. The summed E-state index contributed by atoms with van der Waals surface area (Å²) in [5.74, 6) is 0.752. The lowest BCUT2D eigenvalue weighted by Crippen LogP contribution is -2.57. The molecule has 2 fully saturated rings. The van der Waals surface area contributed by atoms with Crippen molar-refractivity contribution >= 4 is 33.1 Å². The molecular weight excluding hydrogens is 412 g/mol. The van der Waals surface area contributed by atoms with Crippen LogP contribution in [0.15, 0.2) is 23.2 Å². The normalized spacial score (nSPS) is 20.6. The number of hydrogen-bond donors (Lipinski definition) is 1. The second-order valence-electron chi connectivity index (χ2n) is 7.87. The standard InChI is InChI=1S/C20H31ClN4O3S/c1-16-4-5-17(21)14-18(16)24-8-10-25(11-9-24)19(22-2)23-15-20(29(3,26)27)6-12-28-13-7-20/h4-5,14H,6-13,15H2,1-3H3,(H,22,23). The Hall–Kier alpha value is -1.51. The van der Waals surface area contributed by atoms with Gasteiger partial charge in [0.25, 0.3) is 0 Å². The first-order chi connectivity index (χ1) is 13.8. The molecule has 162 valence electrons. The lowest BCUT2D eigenvalue weighted by molar-refractivity contribution is 0.0754. The molecule has 1 N–H and O–H groups in total. The second kappa shape index (κ2) is 9.10. The van der Waals surface area contributed by atoms with Gasteiger partial charge in [-0.15, -0.1) is 0 Å². The van der Waals surface area contributed by atoms with E-state index in [9.17, 15) is 8.42 Å². The average molecular weight is 443 g/mol. The summed E-state index contributed by atoms with van der Waals surface area (Å²) < 4.78 is 29.6. The summed E-state index contributed by atoms with van der Waals surface area (Å²) in [6.07, 6.45) is 2.35. The molecule has 0 aromatic heterocycles. The highest BCUT2D eigenvalue weighted by Gasteiger charge is 2.42. The van der Waals surface area contributed by atoms with Gasteiger partial charge in [0.2, 0.25) is 0 Å². The molecule has 2 heterocycles. The van der Waals surface area contributed by atoms with Gasteiger partial charge in [0.05, 0.1) is 4.75 Å². The number of benzene rings is 1. The van der Waals surface area contributed by atoms with E-state index in [0.29, 0.717) is 32.6 Å². The molecule has 1 aromatic carbocycles. The van der Waals surface area contributed by atoms with E-state index in [4.69, 9.17) is 16.3 Å². The molecule has 3 rings (SSSR count). The minimum absolute atomic E-state index is 0.357. The van der Waals surface area contributed by atoms with E-state index in [-0.39, 0.29) is 0 Å². The molecule has 0 radical (unpaired) electrons. The highest BCUT2D eigenvalue weighted by molar-refractivity contribution is 7.92. The third-order valence-corrected chi connectivity index (χ3v) is 8.42. The van der Waals surface area contributed by atoms with Gasteiger partial charge in [0.1, 0.15) is 0 Å². The van der Waals surface area contributed by atoms with E-state index in [2.05, 4.69) is 27.0 Å². The maximum atomic E-state index is 12.5. The highest BCUT2D eigenvalue weighted by Crippen LogP contribution is 2.29. The molecule has 29 heavy (non-hydrogen) atoms. The van der Waals surface area contributed by atoms with Crippen LogP contribution in [0.2, 0.25) is 5.02 Å². The van der Waals surface area contributed by atoms with Crippen LogP contribution in [0.3, 0.4) is 0 Å². The van der Waals surface area contributed by atoms with E-state index in [0.717, 1.165) is 37.2 Å². The first-order valence-electron chi connectivity index (χ1n) is 10.00. The third-order valence-electron chi connectivity index (χ3n) is 6.06. The van der Waals surface area contributed by atoms with Crippen molar-refractivity contribution in [2.45, 2.75) is 24.5 Å². The number of nitrogens with zero attached hydrogens (tertiary/aromatic N) is 3. The van der Waals surface area contributed by atoms with Gasteiger partial charge < -0.3 is 19.9 Å². The van der Waals surface area contributed by atoms with Crippen molar-refractivity contribution in [3.63, 3.8) is 0 Å². The summed E-state index contributed by atoms with van der Waals surface area (Å²) in [5.41, 5.74) is 2.37. The van der Waals surface area contributed by atoms with Gasteiger partial charge in [-0.3, -0.25) is 4.99 Å². The molecule has 2 saturated heterocycles. The van der Waals surface area contributed by atoms with Gasteiger partial charge in [-0.1, -0.05) is 17.7 Å². The first-order valence-corrected chi connectivity index (χ1v) is 12.3. The van der Waals surface area contributed by atoms with Crippen LogP contribution in [0, 0.1) is 6.92 Å². The molecule has 0 spiro atoms. The molecule has 9 heteroatoms. The smallest absolute Gasteiger partial charge is 0.193 e. The van der Waals surface area contributed by atoms with Crippen molar-refractivity contribution in [2.24, 2.45) is 4.99 Å². The van der Waals surface area contributed by atoms with Crippen LogP contribution >= 0.6 is 11.6 Å². The van der Waals surface area contributed by atoms with Crippen molar-refractivity contribution in [1.82, 2.24) is 10.2 Å². The molecule has 7 nitrogen and oxygen atoms in total. The number of ether oxygens (including phenoxy) is 1. The van der Waals surface area contributed by atoms with Crippen LogP contribution in [-0.2, 0) is 14.6 Å². The van der Waals surface area contributed by atoms with Crippen LogP contribution in [0.25, 0.3) is 0 Å². The maximum Gasteiger partial charge on any atom is 0.193 e. The van der Waals surface area contributed by atoms with Crippen LogP contribution in [0.5, 0.6) is 0 Å². The topological polar surface area (TPSA) is 74.2 Å². The highest BCUT2D eigenvalue weighted by atomic mass is 35.5. The number of aliphatic imine (C=N–C) groups is 1. The second-order valence-corrected chi connectivity index (χ2v) is 10.7. The van der Waals surface area contributed by atoms with E-state index in [1.165, 1.54) is 17.5 Å². The molecule has 0 amide bonds. The zero-order valence-electron chi connectivity index (χ0n) is 17.4. The Labute approximate surface area is 179 Å². The Morgan fingerprint density at radius 1 is 1.24 bits per heavy atom. The van der Waals surface area contributed by atoms with E-state index < -0.39 is 14.6 Å². The van der Waals surface area contributed by atoms with Crippen LogP contribution in [0.4, 0.5) is 5.69 Å². The fourth-order valence-electron chi connectivity index (χ4n) is 4.08. The van der Waals surface area contributed by atoms with E-state index in [1.807, 2.05) is 18.2 Å². The Morgan fingerprint density at radius 2 is 1.90 bits per heavy atom. The number of guanidine groups is 1. The monoisotopic (exact) mass is 442 g/mol. The number of anilines is 1. The SMILES string of the molecule is CN=C(NCC1(S(C)(=O)=O)CCOCC1)N1CCN(c2cc(Cl)ccc2C)CC1. The fourth-order valence-corrected chi connectivity index (χ4v) is 5.49. The molecule has 0 atom stereocenters. The molecule has 0 unspecified atom stereocenters. The number of hydrogen-bond acceptors (Lipinski definition) is 5. The quantitative estimate of drug-likeness (QED) is 0.567. The zero-order valence-corrected chi connectivity index (χ0v) is 19.0. The van der Waals surface area contributed by atoms with E-state index >= 15 is 0 Å². The van der Waals surface area contributed by atoms with Crippen molar-refractivity contribution in [3.05, 3.63) is 28.8 Å². The zero-order chi connectivity index (χ0) is 21.1. The van der Waals surface area contributed by atoms with E-state index in [1.54, 1.807) is 7.05 Å². The molecule has 0 saturated carbocycles. The fraction of sp³-hybridized carbons (Fsp3) is 0.650. The average Bonchev–Trinajstić information content (AvgIpc) is 2.71. The minimum Gasteiger partial charge on any atom is -0.381 e. The van der Waals surface area contributed by atoms with Crippen molar-refractivity contribution in [2.75, 3.05) is 64.1 Å². The molecule has 1 aromatic rings. The molecular formula is C20H31ClN4O3S. The van der Waals surface area contributed by atoms with Crippen LogP contribution in [-0.4, -0.2) is 83.3 Å². The Kier molecular flexibility index (Phi) is 6.96. The summed E-state index contributed by atoms with van der Waals surface area (Å²) in [7, 11) is -1.47. The number of piperazine rings is 1. The maximum absolute atomic E-state index is 12.5. The van der Waals surface area contributed by atoms with Crippen molar-refractivity contribution in [1.29, 1.82) is 0 Å². The van der Waals surface area contributed by atoms with Gasteiger partial charge in [-0.05, 0) is 37.5 Å². The number of halogens is 1. The lowest BCUT2D eigenvalue weighted by Gasteiger charge is -2.40. The Bertz CT molecular complexity index is 845. The largest absolute Gasteiger partial charge is 0.381 e. The predicted molar refractivity (Wildman–Crippen MR) is 119 cm³/mol. The summed E-state index contributed by atoms with van der Waals surface area (Å²) in [6.45, 7) is 6.73. The molecule has 2 aliphatic heterocycles. The Morgan fingerprint density at radius 3 is 2.48 bits per heavy atom. The third kappa shape index (κ3) is 4.98.